The van der Waals surface area contributed by atoms with Gasteiger partial charge in [0.25, 0.3) is 0 Å². The Morgan fingerprint density at radius 2 is 1.70 bits per heavy atom. The molecule has 3 N–H and O–H groups in total. The topological polar surface area (TPSA) is 64.6 Å². The van der Waals surface area contributed by atoms with E-state index < -0.39 is 5.60 Å². The lowest BCUT2D eigenvalue weighted by Gasteiger charge is -2.30. The van der Waals surface area contributed by atoms with Crippen LogP contribution in [0.4, 0.5) is 4.79 Å². The summed E-state index contributed by atoms with van der Waals surface area (Å²) in [5.41, 5.74) is -0.681. The third-order valence-electron chi connectivity index (χ3n) is 4.09. The van der Waals surface area contributed by atoms with E-state index in [-0.39, 0.29) is 6.03 Å². The Morgan fingerprint density at radius 3 is 2.20 bits per heavy atom. The van der Waals surface area contributed by atoms with Crippen LogP contribution in [0.3, 0.4) is 0 Å². The van der Waals surface area contributed by atoms with Crippen LogP contribution in [0.25, 0.3) is 0 Å². The average Bonchev–Trinajstić information content (AvgIpc) is 2.79. The highest BCUT2D eigenvalue weighted by Gasteiger charge is 2.31. The number of hydrogen-bond donors (Lipinski definition) is 3. The van der Waals surface area contributed by atoms with Crippen molar-refractivity contribution in [3.63, 3.8) is 0 Å². The fraction of sp³-hybridized carbons (Fsp3) is 0.933. The van der Waals surface area contributed by atoms with Crippen LogP contribution in [-0.2, 0) is 0 Å². The van der Waals surface area contributed by atoms with Gasteiger partial charge in [-0.3, -0.25) is 4.90 Å². The SMILES string of the molecule is CC(C)N(CCNC(=O)NCC1(O)CCCC1)C(C)C. The monoisotopic (exact) mass is 285 g/mol. The Bertz CT molecular complexity index is 291. The summed E-state index contributed by atoms with van der Waals surface area (Å²) in [6.45, 7) is 10.5. The Labute approximate surface area is 123 Å². The number of aliphatic hydroxyl groups is 1. The maximum atomic E-state index is 11.7. The molecule has 1 fully saturated rings. The highest BCUT2D eigenvalue weighted by Crippen LogP contribution is 2.28. The molecule has 0 bridgehead atoms. The van der Waals surface area contributed by atoms with E-state index >= 15 is 0 Å². The van der Waals surface area contributed by atoms with Gasteiger partial charge in [0.15, 0.2) is 0 Å². The second kappa shape index (κ2) is 7.84. The van der Waals surface area contributed by atoms with Crippen LogP contribution >= 0.6 is 0 Å². The van der Waals surface area contributed by atoms with Crippen LogP contribution in [-0.4, -0.2) is 53.4 Å². The molecule has 1 aliphatic carbocycles. The molecule has 0 heterocycles. The minimum atomic E-state index is -0.681. The molecule has 5 nitrogen and oxygen atoms in total. The van der Waals surface area contributed by atoms with Gasteiger partial charge in [-0.05, 0) is 40.5 Å². The van der Waals surface area contributed by atoms with Crippen LogP contribution < -0.4 is 10.6 Å². The highest BCUT2D eigenvalue weighted by atomic mass is 16.3. The number of hydrogen-bond acceptors (Lipinski definition) is 3. The second-order valence-electron chi connectivity index (χ2n) is 6.47. The lowest BCUT2D eigenvalue weighted by atomic mass is 10.0. The lowest BCUT2D eigenvalue weighted by molar-refractivity contribution is 0.0501. The van der Waals surface area contributed by atoms with Crippen molar-refractivity contribution in [1.29, 1.82) is 0 Å². The predicted molar refractivity (Wildman–Crippen MR) is 81.8 cm³/mol. The number of amides is 2. The highest BCUT2D eigenvalue weighted by molar-refractivity contribution is 5.73. The van der Waals surface area contributed by atoms with Gasteiger partial charge in [-0.1, -0.05) is 12.8 Å². The first-order chi connectivity index (χ1) is 9.34. The summed E-state index contributed by atoms with van der Waals surface area (Å²) in [7, 11) is 0. The third kappa shape index (κ3) is 5.67. The number of carbonyl (C=O) groups is 1. The number of carbonyl (C=O) groups excluding carboxylic acids is 1. The molecule has 5 heteroatoms. The van der Waals surface area contributed by atoms with Crippen molar-refractivity contribution in [2.75, 3.05) is 19.6 Å². The normalized spacial score (nSPS) is 18.0. The third-order valence-corrected chi connectivity index (χ3v) is 4.09. The van der Waals surface area contributed by atoms with Crippen LogP contribution in [0.5, 0.6) is 0 Å². The molecule has 1 rings (SSSR count). The number of urea groups is 1. The van der Waals surface area contributed by atoms with Crippen molar-refractivity contribution in [3.8, 4) is 0 Å². The fourth-order valence-electron chi connectivity index (χ4n) is 2.93. The van der Waals surface area contributed by atoms with Gasteiger partial charge in [0, 0.05) is 31.7 Å². The first-order valence-electron chi connectivity index (χ1n) is 7.84. The van der Waals surface area contributed by atoms with Gasteiger partial charge in [-0.15, -0.1) is 0 Å². The van der Waals surface area contributed by atoms with Gasteiger partial charge in [0.1, 0.15) is 0 Å². The first-order valence-corrected chi connectivity index (χ1v) is 7.84. The fourth-order valence-corrected chi connectivity index (χ4v) is 2.93. The van der Waals surface area contributed by atoms with Crippen LogP contribution in [0.15, 0.2) is 0 Å². The maximum Gasteiger partial charge on any atom is 0.314 e. The second-order valence-corrected chi connectivity index (χ2v) is 6.47. The standard InChI is InChI=1S/C15H31N3O2/c1-12(2)18(13(3)4)10-9-16-14(19)17-11-15(20)7-5-6-8-15/h12-13,20H,5-11H2,1-4H3,(H2,16,17,19). The summed E-state index contributed by atoms with van der Waals surface area (Å²) in [6.07, 6.45) is 3.69. The lowest BCUT2D eigenvalue weighted by Crippen LogP contribution is -2.48. The van der Waals surface area contributed by atoms with E-state index in [1.54, 1.807) is 0 Å². The molecule has 0 aliphatic heterocycles. The number of nitrogens with zero attached hydrogens (tertiary/aromatic N) is 1. The Morgan fingerprint density at radius 1 is 1.15 bits per heavy atom. The predicted octanol–water partition coefficient (Wildman–Crippen LogP) is 1.71. The molecule has 0 atom stereocenters. The summed E-state index contributed by atoms with van der Waals surface area (Å²) in [5.74, 6) is 0. The number of rotatable bonds is 7. The van der Waals surface area contributed by atoms with Crippen molar-refractivity contribution in [1.82, 2.24) is 15.5 Å². The molecule has 0 aromatic heterocycles. The molecule has 0 radical (unpaired) electrons. The van der Waals surface area contributed by atoms with Crippen LogP contribution in [0.2, 0.25) is 0 Å². The van der Waals surface area contributed by atoms with Gasteiger partial charge in [-0.2, -0.15) is 0 Å². The molecule has 2 amide bonds. The van der Waals surface area contributed by atoms with Crippen molar-refractivity contribution in [2.45, 2.75) is 71.1 Å². The van der Waals surface area contributed by atoms with Gasteiger partial charge >= 0.3 is 6.03 Å². The maximum absolute atomic E-state index is 11.7. The molecule has 0 aromatic rings. The summed E-state index contributed by atoms with van der Waals surface area (Å²) in [6, 6.07) is 0.760. The summed E-state index contributed by atoms with van der Waals surface area (Å²) < 4.78 is 0. The van der Waals surface area contributed by atoms with E-state index in [0.717, 1.165) is 32.2 Å². The van der Waals surface area contributed by atoms with E-state index in [2.05, 4.69) is 43.2 Å². The van der Waals surface area contributed by atoms with E-state index in [9.17, 15) is 9.90 Å². The van der Waals surface area contributed by atoms with Gasteiger partial charge in [-0.25, -0.2) is 4.79 Å². The Hall–Kier alpha value is -0.810. The van der Waals surface area contributed by atoms with Crippen LogP contribution in [0, 0.1) is 0 Å². The largest absolute Gasteiger partial charge is 0.388 e. The zero-order chi connectivity index (χ0) is 15.2. The van der Waals surface area contributed by atoms with Crippen molar-refractivity contribution in [2.24, 2.45) is 0 Å². The molecule has 1 saturated carbocycles. The van der Waals surface area contributed by atoms with Gasteiger partial charge in [0.2, 0.25) is 0 Å². The van der Waals surface area contributed by atoms with Crippen molar-refractivity contribution in [3.05, 3.63) is 0 Å². The molecular formula is C15H31N3O2. The minimum Gasteiger partial charge on any atom is -0.388 e. The summed E-state index contributed by atoms with van der Waals surface area (Å²) in [5, 5.41) is 15.8. The molecular weight excluding hydrogens is 254 g/mol. The van der Waals surface area contributed by atoms with E-state index in [0.29, 0.717) is 25.2 Å². The van der Waals surface area contributed by atoms with Crippen molar-refractivity contribution >= 4 is 6.03 Å². The summed E-state index contributed by atoms with van der Waals surface area (Å²) in [4.78, 5) is 14.0. The molecule has 0 unspecified atom stereocenters. The molecule has 0 saturated heterocycles. The van der Waals surface area contributed by atoms with Crippen LogP contribution in [0.1, 0.15) is 53.4 Å². The smallest absolute Gasteiger partial charge is 0.314 e. The molecule has 0 aromatic carbocycles. The van der Waals surface area contributed by atoms with E-state index in [1.165, 1.54) is 0 Å². The van der Waals surface area contributed by atoms with E-state index in [4.69, 9.17) is 0 Å². The van der Waals surface area contributed by atoms with Gasteiger partial charge < -0.3 is 15.7 Å². The first kappa shape index (κ1) is 17.2. The molecule has 0 spiro atoms. The number of nitrogens with one attached hydrogen (secondary N) is 2. The zero-order valence-corrected chi connectivity index (χ0v) is 13.4. The van der Waals surface area contributed by atoms with Crippen molar-refractivity contribution < 1.29 is 9.90 Å². The Balaban J connectivity index is 2.19. The average molecular weight is 285 g/mol. The quantitative estimate of drug-likeness (QED) is 0.667. The minimum absolute atomic E-state index is 0.183. The van der Waals surface area contributed by atoms with E-state index in [1.807, 2.05) is 0 Å². The summed E-state index contributed by atoms with van der Waals surface area (Å²) >= 11 is 0. The molecule has 118 valence electrons. The molecule has 1 aliphatic rings. The van der Waals surface area contributed by atoms with Gasteiger partial charge in [0.05, 0.1) is 5.60 Å². The Kier molecular flexibility index (Phi) is 6.76. The zero-order valence-electron chi connectivity index (χ0n) is 13.4. The molecule has 20 heavy (non-hydrogen) atoms.